The molecule has 0 aliphatic heterocycles. The summed E-state index contributed by atoms with van der Waals surface area (Å²) in [6, 6.07) is 12.4. The van der Waals surface area contributed by atoms with Crippen molar-refractivity contribution in [2.45, 2.75) is 13.0 Å². The topological polar surface area (TPSA) is 59.6 Å². The van der Waals surface area contributed by atoms with Gasteiger partial charge in [0, 0.05) is 10.0 Å². The van der Waals surface area contributed by atoms with Crippen molar-refractivity contribution in [3.63, 3.8) is 0 Å². The fourth-order valence-electron chi connectivity index (χ4n) is 2.17. The molecular weight excluding hydrogens is 360 g/mol. The van der Waals surface area contributed by atoms with E-state index in [1.807, 2.05) is 49.4 Å². The SMILES string of the molecule is COc1ccc(OC)c([C@H](C)NC(=O)Nc2ccccc2Br)c1. The van der Waals surface area contributed by atoms with Gasteiger partial charge in [-0.1, -0.05) is 12.1 Å². The maximum Gasteiger partial charge on any atom is 0.319 e. The third kappa shape index (κ3) is 4.39. The molecule has 0 fully saturated rings. The number of hydrogen-bond acceptors (Lipinski definition) is 3. The number of carbonyl (C=O) groups excluding carboxylic acids is 1. The Bertz CT molecular complexity index is 691. The van der Waals surface area contributed by atoms with Crippen LogP contribution in [0, 0.1) is 0 Å². The monoisotopic (exact) mass is 378 g/mol. The van der Waals surface area contributed by atoms with Crippen LogP contribution in [0.4, 0.5) is 10.5 Å². The van der Waals surface area contributed by atoms with Crippen molar-refractivity contribution in [1.82, 2.24) is 5.32 Å². The molecule has 2 aromatic carbocycles. The van der Waals surface area contributed by atoms with E-state index in [9.17, 15) is 4.79 Å². The fraction of sp³-hybridized carbons (Fsp3) is 0.235. The lowest BCUT2D eigenvalue weighted by atomic mass is 10.1. The van der Waals surface area contributed by atoms with Gasteiger partial charge in [-0.3, -0.25) is 0 Å². The van der Waals surface area contributed by atoms with E-state index < -0.39 is 0 Å². The second kappa shape index (κ2) is 7.87. The van der Waals surface area contributed by atoms with Crippen LogP contribution in [0.25, 0.3) is 0 Å². The van der Waals surface area contributed by atoms with Crippen molar-refractivity contribution in [3.05, 3.63) is 52.5 Å². The Hall–Kier alpha value is -2.21. The van der Waals surface area contributed by atoms with Crippen LogP contribution in [0.5, 0.6) is 11.5 Å². The summed E-state index contributed by atoms with van der Waals surface area (Å²) in [6.07, 6.45) is 0. The van der Waals surface area contributed by atoms with Gasteiger partial charge in [0.2, 0.25) is 0 Å². The molecule has 0 unspecified atom stereocenters. The van der Waals surface area contributed by atoms with E-state index in [-0.39, 0.29) is 12.1 Å². The maximum atomic E-state index is 12.2. The van der Waals surface area contributed by atoms with Gasteiger partial charge in [0.25, 0.3) is 0 Å². The van der Waals surface area contributed by atoms with Crippen LogP contribution in [0.1, 0.15) is 18.5 Å². The number of carbonyl (C=O) groups is 1. The summed E-state index contributed by atoms with van der Waals surface area (Å²) in [5.41, 5.74) is 1.55. The molecule has 0 aliphatic rings. The third-order valence-corrected chi connectivity index (χ3v) is 4.06. The summed E-state index contributed by atoms with van der Waals surface area (Å²) in [5, 5.41) is 5.70. The number of hydrogen-bond donors (Lipinski definition) is 2. The molecule has 2 N–H and O–H groups in total. The Morgan fingerprint density at radius 2 is 1.87 bits per heavy atom. The number of urea groups is 1. The van der Waals surface area contributed by atoms with Crippen molar-refractivity contribution in [3.8, 4) is 11.5 Å². The number of halogens is 1. The first-order valence-corrected chi connectivity index (χ1v) is 7.88. The lowest BCUT2D eigenvalue weighted by Gasteiger charge is -2.19. The largest absolute Gasteiger partial charge is 0.497 e. The van der Waals surface area contributed by atoms with Crippen LogP contribution >= 0.6 is 15.9 Å². The Morgan fingerprint density at radius 1 is 1.13 bits per heavy atom. The molecule has 2 aromatic rings. The van der Waals surface area contributed by atoms with E-state index in [1.165, 1.54) is 0 Å². The number of para-hydroxylation sites is 1. The summed E-state index contributed by atoms with van der Waals surface area (Å²) < 4.78 is 11.4. The molecule has 0 aliphatic carbocycles. The standard InChI is InChI=1S/C17H19BrN2O3/c1-11(13-10-12(22-2)8-9-16(13)23-3)19-17(21)20-15-7-5-4-6-14(15)18/h4-11H,1-3H3,(H2,19,20,21)/t11-/m0/s1. The first kappa shape index (κ1) is 17.1. The van der Waals surface area contributed by atoms with E-state index in [4.69, 9.17) is 9.47 Å². The smallest absolute Gasteiger partial charge is 0.319 e. The molecule has 1 atom stereocenters. The van der Waals surface area contributed by atoms with Crippen LogP contribution in [-0.4, -0.2) is 20.3 Å². The lowest BCUT2D eigenvalue weighted by molar-refractivity contribution is 0.249. The molecule has 5 nitrogen and oxygen atoms in total. The van der Waals surface area contributed by atoms with Gasteiger partial charge in [-0.2, -0.15) is 0 Å². The van der Waals surface area contributed by atoms with E-state index in [0.29, 0.717) is 17.2 Å². The van der Waals surface area contributed by atoms with Crippen molar-refractivity contribution in [2.24, 2.45) is 0 Å². The first-order chi connectivity index (χ1) is 11.0. The highest BCUT2D eigenvalue weighted by molar-refractivity contribution is 9.10. The minimum Gasteiger partial charge on any atom is -0.497 e. The van der Waals surface area contributed by atoms with E-state index >= 15 is 0 Å². The van der Waals surface area contributed by atoms with Gasteiger partial charge in [-0.15, -0.1) is 0 Å². The maximum absolute atomic E-state index is 12.2. The highest BCUT2D eigenvalue weighted by Crippen LogP contribution is 2.29. The highest BCUT2D eigenvalue weighted by Gasteiger charge is 2.15. The summed E-state index contributed by atoms with van der Waals surface area (Å²) in [5.74, 6) is 1.40. The average Bonchev–Trinajstić information content (AvgIpc) is 2.56. The summed E-state index contributed by atoms with van der Waals surface area (Å²) in [7, 11) is 3.20. The Morgan fingerprint density at radius 3 is 2.52 bits per heavy atom. The molecule has 0 saturated heterocycles. The zero-order valence-corrected chi connectivity index (χ0v) is 14.8. The predicted molar refractivity (Wildman–Crippen MR) is 94.3 cm³/mol. The molecular formula is C17H19BrN2O3. The normalized spacial score (nSPS) is 11.5. The minimum atomic E-state index is -0.297. The predicted octanol–water partition coefficient (Wildman–Crippen LogP) is 4.35. The molecule has 2 amide bonds. The number of anilines is 1. The lowest BCUT2D eigenvalue weighted by Crippen LogP contribution is -2.31. The second-order valence-electron chi connectivity index (χ2n) is 4.91. The fourth-order valence-corrected chi connectivity index (χ4v) is 2.56. The van der Waals surface area contributed by atoms with Crippen LogP contribution in [0.15, 0.2) is 46.9 Å². The molecule has 6 heteroatoms. The van der Waals surface area contributed by atoms with Crippen molar-refractivity contribution in [1.29, 1.82) is 0 Å². The molecule has 0 saturated carbocycles. The van der Waals surface area contributed by atoms with Gasteiger partial charge in [-0.25, -0.2) is 4.79 Å². The third-order valence-electron chi connectivity index (χ3n) is 3.37. The van der Waals surface area contributed by atoms with Gasteiger partial charge in [-0.05, 0) is 53.2 Å². The van der Waals surface area contributed by atoms with Crippen molar-refractivity contribution < 1.29 is 14.3 Å². The van der Waals surface area contributed by atoms with Crippen LogP contribution in [0.2, 0.25) is 0 Å². The Kier molecular flexibility index (Phi) is 5.87. The zero-order chi connectivity index (χ0) is 16.8. The van der Waals surface area contributed by atoms with E-state index in [0.717, 1.165) is 10.0 Å². The number of amides is 2. The van der Waals surface area contributed by atoms with E-state index in [1.54, 1.807) is 14.2 Å². The van der Waals surface area contributed by atoms with E-state index in [2.05, 4.69) is 26.6 Å². The number of benzene rings is 2. The van der Waals surface area contributed by atoms with Crippen molar-refractivity contribution >= 4 is 27.6 Å². The molecule has 2 rings (SSSR count). The molecule has 0 spiro atoms. The molecule has 0 radical (unpaired) electrons. The van der Waals surface area contributed by atoms with Crippen molar-refractivity contribution in [2.75, 3.05) is 19.5 Å². The van der Waals surface area contributed by atoms with Gasteiger partial charge >= 0.3 is 6.03 Å². The molecule has 0 aromatic heterocycles. The zero-order valence-electron chi connectivity index (χ0n) is 13.2. The molecule has 0 heterocycles. The first-order valence-electron chi connectivity index (χ1n) is 7.09. The number of rotatable bonds is 5. The van der Waals surface area contributed by atoms with Crippen LogP contribution in [0.3, 0.4) is 0 Å². The van der Waals surface area contributed by atoms with Gasteiger partial charge in [0.15, 0.2) is 0 Å². The van der Waals surface area contributed by atoms with Gasteiger partial charge in [0.05, 0.1) is 25.9 Å². The van der Waals surface area contributed by atoms with Crippen LogP contribution in [-0.2, 0) is 0 Å². The molecule has 122 valence electrons. The highest BCUT2D eigenvalue weighted by atomic mass is 79.9. The summed E-state index contributed by atoms with van der Waals surface area (Å²) in [6.45, 7) is 1.89. The van der Waals surface area contributed by atoms with Gasteiger partial charge < -0.3 is 20.1 Å². The Balaban J connectivity index is 2.10. The second-order valence-corrected chi connectivity index (χ2v) is 5.76. The summed E-state index contributed by atoms with van der Waals surface area (Å²) in [4.78, 5) is 12.2. The quantitative estimate of drug-likeness (QED) is 0.812. The summed E-state index contributed by atoms with van der Waals surface area (Å²) >= 11 is 3.40. The number of nitrogens with one attached hydrogen (secondary N) is 2. The average molecular weight is 379 g/mol. The Labute approximate surface area is 144 Å². The molecule has 23 heavy (non-hydrogen) atoms. The number of methoxy groups -OCH3 is 2. The number of ether oxygens (including phenoxy) is 2. The minimum absolute atomic E-state index is 0.248. The van der Waals surface area contributed by atoms with Crippen LogP contribution < -0.4 is 20.1 Å². The molecule has 0 bridgehead atoms. The van der Waals surface area contributed by atoms with Gasteiger partial charge in [0.1, 0.15) is 11.5 Å².